The third kappa shape index (κ3) is 0.939. The second-order valence-corrected chi connectivity index (χ2v) is 1.77. The summed E-state index contributed by atoms with van der Waals surface area (Å²) in [5.41, 5.74) is 13.2. The molecule has 0 fully saturated rings. The van der Waals surface area contributed by atoms with Crippen LogP contribution in [0.2, 0.25) is 0 Å². The van der Waals surface area contributed by atoms with Crippen molar-refractivity contribution >= 4 is 17.2 Å². The van der Waals surface area contributed by atoms with E-state index in [1.165, 1.54) is 6.20 Å². The van der Waals surface area contributed by atoms with E-state index >= 15 is 0 Å². The Morgan fingerprint density at radius 1 is 1.50 bits per heavy atom. The summed E-state index contributed by atoms with van der Waals surface area (Å²) in [6.45, 7) is 0. The van der Waals surface area contributed by atoms with Crippen LogP contribution in [0.4, 0.5) is 17.2 Å². The van der Waals surface area contributed by atoms with Crippen LogP contribution in [0.25, 0.3) is 0 Å². The standard InChI is InChI=1S/C5H8N4O/c6-3-1-2-8-5(9-10)4(3)7/h1-2,10H,7H2,(H3,6,8,9). The quantitative estimate of drug-likeness (QED) is 0.413. The van der Waals surface area contributed by atoms with Gasteiger partial charge in [-0.25, -0.2) is 4.98 Å². The van der Waals surface area contributed by atoms with E-state index in [1.807, 2.05) is 5.48 Å². The Kier molecular flexibility index (Phi) is 1.59. The summed E-state index contributed by atoms with van der Waals surface area (Å²) in [4.78, 5) is 3.69. The molecule has 1 heterocycles. The van der Waals surface area contributed by atoms with Gasteiger partial charge in [0.2, 0.25) is 0 Å². The second-order valence-electron chi connectivity index (χ2n) is 1.77. The first kappa shape index (κ1) is 6.63. The van der Waals surface area contributed by atoms with Crippen molar-refractivity contribution in [2.45, 2.75) is 0 Å². The van der Waals surface area contributed by atoms with E-state index in [0.717, 1.165) is 0 Å². The molecule has 0 saturated carbocycles. The van der Waals surface area contributed by atoms with Gasteiger partial charge in [-0.3, -0.25) is 10.7 Å². The third-order valence-electron chi connectivity index (χ3n) is 1.13. The first-order valence-corrected chi connectivity index (χ1v) is 2.65. The Labute approximate surface area is 57.6 Å². The molecule has 0 radical (unpaired) electrons. The third-order valence-corrected chi connectivity index (χ3v) is 1.13. The maximum atomic E-state index is 8.39. The molecule has 5 heteroatoms. The predicted molar refractivity (Wildman–Crippen MR) is 38.5 cm³/mol. The Hall–Kier alpha value is -1.49. The molecule has 54 valence electrons. The molecule has 5 nitrogen and oxygen atoms in total. The molecule has 1 aromatic heterocycles. The minimum atomic E-state index is 0.181. The van der Waals surface area contributed by atoms with E-state index in [0.29, 0.717) is 5.69 Å². The minimum absolute atomic E-state index is 0.181. The van der Waals surface area contributed by atoms with Crippen molar-refractivity contribution < 1.29 is 5.21 Å². The van der Waals surface area contributed by atoms with Crippen LogP contribution in [0.5, 0.6) is 0 Å². The lowest BCUT2D eigenvalue weighted by Crippen LogP contribution is -2.02. The zero-order valence-corrected chi connectivity index (χ0v) is 5.20. The minimum Gasteiger partial charge on any atom is -0.397 e. The molecule has 0 bridgehead atoms. The van der Waals surface area contributed by atoms with Gasteiger partial charge in [-0.1, -0.05) is 0 Å². The number of hydrogen-bond donors (Lipinski definition) is 4. The number of hydrogen-bond acceptors (Lipinski definition) is 5. The molecule has 0 spiro atoms. The number of rotatable bonds is 1. The highest BCUT2D eigenvalue weighted by Gasteiger charge is 1.99. The van der Waals surface area contributed by atoms with Crippen LogP contribution in [0.15, 0.2) is 12.3 Å². The average molecular weight is 140 g/mol. The van der Waals surface area contributed by atoms with E-state index in [9.17, 15) is 0 Å². The molecule has 0 unspecified atom stereocenters. The summed E-state index contributed by atoms with van der Waals surface area (Å²) in [5.74, 6) is 0.181. The molecule has 0 aliphatic rings. The SMILES string of the molecule is Nc1ccnc(NO)c1N. The van der Waals surface area contributed by atoms with Crippen LogP contribution in [-0.2, 0) is 0 Å². The van der Waals surface area contributed by atoms with Gasteiger partial charge in [0.25, 0.3) is 0 Å². The Bertz CT molecular complexity index is 237. The van der Waals surface area contributed by atoms with Crippen LogP contribution < -0.4 is 16.9 Å². The first-order chi connectivity index (χ1) is 4.75. The predicted octanol–water partition coefficient (Wildman–Crippen LogP) is 0.0471. The fourth-order valence-corrected chi connectivity index (χ4v) is 0.577. The molecule has 0 saturated heterocycles. The summed E-state index contributed by atoms with van der Waals surface area (Å²) in [6.07, 6.45) is 1.45. The molecular weight excluding hydrogens is 132 g/mol. The maximum Gasteiger partial charge on any atom is 0.175 e. The highest BCUT2D eigenvalue weighted by Crippen LogP contribution is 2.20. The Morgan fingerprint density at radius 2 is 2.20 bits per heavy atom. The molecule has 0 atom stereocenters. The molecule has 6 N–H and O–H groups in total. The van der Waals surface area contributed by atoms with Crippen LogP contribution in [0.1, 0.15) is 0 Å². The molecular formula is C5H8N4O. The Morgan fingerprint density at radius 3 is 2.70 bits per heavy atom. The van der Waals surface area contributed by atoms with E-state index in [1.54, 1.807) is 6.07 Å². The van der Waals surface area contributed by atoms with Gasteiger partial charge in [0.15, 0.2) is 5.82 Å². The lowest BCUT2D eigenvalue weighted by Gasteiger charge is -2.03. The van der Waals surface area contributed by atoms with Gasteiger partial charge < -0.3 is 11.5 Å². The highest BCUT2D eigenvalue weighted by molar-refractivity contribution is 5.74. The van der Waals surface area contributed by atoms with E-state index < -0.39 is 0 Å². The molecule has 10 heavy (non-hydrogen) atoms. The van der Waals surface area contributed by atoms with Gasteiger partial charge in [-0.2, -0.15) is 0 Å². The van der Waals surface area contributed by atoms with Crippen molar-refractivity contribution in [3.8, 4) is 0 Å². The van der Waals surface area contributed by atoms with Crippen molar-refractivity contribution in [1.29, 1.82) is 0 Å². The van der Waals surface area contributed by atoms with Gasteiger partial charge in [0.1, 0.15) is 0 Å². The number of nitrogens with one attached hydrogen (secondary N) is 1. The number of anilines is 3. The lowest BCUT2D eigenvalue weighted by atomic mass is 10.3. The molecule has 0 amide bonds. The lowest BCUT2D eigenvalue weighted by molar-refractivity contribution is 0.386. The zero-order chi connectivity index (χ0) is 7.56. The van der Waals surface area contributed by atoms with Gasteiger partial charge >= 0.3 is 0 Å². The number of nitrogens with two attached hydrogens (primary N) is 2. The van der Waals surface area contributed by atoms with Crippen molar-refractivity contribution in [2.75, 3.05) is 16.9 Å². The molecule has 0 aliphatic carbocycles. The van der Waals surface area contributed by atoms with E-state index in [-0.39, 0.29) is 11.5 Å². The summed E-state index contributed by atoms with van der Waals surface area (Å²) in [5, 5.41) is 8.39. The molecule has 1 aromatic rings. The second kappa shape index (κ2) is 2.40. The van der Waals surface area contributed by atoms with E-state index in [4.69, 9.17) is 16.7 Å². The number of nitrogens with zero attached hydrogens (tertiary/aromatic N) is 1. The average Bonchev–Trinajstić information content (AvgIpc) is 1.95. The van der Waals surface area contributed by atoms with Crippen molar-refractivity contribution in [1.82, 2.24) is 4.98 Å². The zero-order valence-electron chi connectivity index (χ0n) is 5.20. The normalized spacial score (nSPS) is 9.30. The summed E-state index contributed by atoms with van der Waals surface area (Å²) >= 11 is 0. The van der Waals surface area contributed by atoms with Gasteiger partial charge in [0.05, 0.1) is 11.4 Å². The van der Waals surface area contributed by atoms with Crippen molar-refractivity contribution in [2.24, 2.45) is 0 Å². The van der Waals surface area contributed by atoms with Crippen LogP contribution in [0, 0.1) is 0 Å². The topological polar surface area (TPSA) is 97.2 Å². The van der Waals surface area contributed by atoms with Crippen molar-refractivity contribution in [3.05, 3.63) is 12.3 Å². The maximum absolute atomic E-state index is 8.39. The van der Waals surface area contributed by atoms with Gasteiger partial charge in [-0.15, -0.1) is 0 Å². The summed E-state index contributed by atoms with van der Waals surface area (Å²) in [6, 6.07) is 1.55. The number of pyridine rings is 1. The number of aromatic nitrogens is 1. The molecule has 0 aromatic carbocycles. The van der Waals surface area contributed by atoms with E-state index in [2.05, 4.69) is 4.98 Å². The fourth-order valence-electron chi connectivity index (χ4n) is 0.577. The Balaban J connectivity index is 3.14. The van der Waals surface area contributed by atoms with Crippen LogP contribution in [0.3, 0.4) is 0 Å². The fraction of sp³-hybridized carbons (Fsp3) is 0. The van der Waals surface area contributed by atoms with Gasteiger partial charge in [0, 0.05) is 6.20 Å². The van der Waals surface area contributed by atoms with Crippen LogP contribution >= 0.6 is 0 Å². The van der Waals surface area contributed by atoms with Gasteiger partial charge in [-0.05, 0) is 6.07 Å². The highest BCUT2D eigenvalue weighted by atomic mass is 16.5. The molecule has 1 rings (SSSR count). The molecule has 0 aliphatic heterocycles. The summed E-state index contributed by atoms with van der Waals surface area (Å²) < 4.78 is 0. The number of nitrogen functional groups attached to an aromatic ring is 2. The first-order valence-electron chi connectivity index (χ1n) is 2.65. The van der Waals surface area contributed by atoms with Crippen LogP contribution in [-0.4, -0.2) is 10.2 Å². The van der Waals surface area contributed by atoms with Crippen molar-refractivity contribution in [3.63, 3.8) is 0 Å². The smallest absolute Gasteiger partial charge is 0.175 e. The summed E-state index contributed by atoms with van der Waals surface area (Å²) in [7, 11) is 0. The monoisotopic (exact) mass is 140 g/mol. The largest absolute Gasteiger partial charge is 0.397 e.